The van der Waals surface area contributed by atoms with Crippen LogP contribution in [0.3, 0.4) is 0 Å². The first kappa shape index (κ1) is 15.3. The van der Waals surface area contributed by atoms with E-state index in [1.54, 1.807) is 13.8 Å². The zero-order valence-electron chi connectivity index (χ0n) is 12.4. The number of nitrogens with zero attached hydrogens (tertiary/aromatic N) is 2. The highest BCUT2D eigenvalue weighted by molar-refractivity contribution is 6.46. The molecule has 0 saturated carbocycles. The van der Waals surface area contributed by atoms with Gasteiger partial charge in [0.25, 0.3) is 0 Å². The van der Waals surface area contributed by atoms with Crippen molar-refractivity contribution in [1.82, 2.24) is 9.78 Å². The van der Waals surface area contributed by atoms with Gasteiger partial charge in [0.05, 0.1) is 11.2 Å². The van der Waals surface area contributed by atoms with Crippen LogP contribution >= 0.6 is 0 Å². The van der Waals surface area contributed by atoms with E-state index < -0.39 is 11.2 Å². The summed E-state index contributed by atoms with van der Waals surface area (Å²) < 4.78 is 7.73. The standard InChI is InChI=1S/C13H25BN2O2/c1-10(2)8-16-9-11(7-15-16)14-18-13(5,6)12(3,4)17/h7,9-10,14,17H,8H2,1-6H3. The maximum Gasteiger partial charge on any atom is 0.312 e. The third-order valence-electron chi connectivity index (χ3n) is 3.31. The quantitative estimate of drug-likeness (QED) is 0.771. The van der Waals surface area contributed by atoms with Crippen molar-refractivity contribution in [3.8, 4) is 0 Å². The van der Waals surface area contributed by atoms with Crippen molar-refractivity contribution >= 4 is 12.9 Å². The third kappa shape index (κ3) is 4.14. The lowest BCUT2D eigenvalue weighted by Gasteiger charge is -2.37. The molecule has 18 heavy (non-hydrogen) atoms. The molecule has 0 aliphatic rings. The van der Waals surface area contributed by atoms with Crippen LogP contribution in [0, 0.1) is 5.92 Å². The Labute approximate surface area is 111 Å². The van der Waals surface area contributed by atoms with Crippen molar-refractivity contribution in [3.63, 3.8) is 0 Å². The predicted molar refractivity (Wildman–Crippen MR) is 75.3 cm³/mol. The van der Waals surface area contributed by atoms with E-state index >= 15 is 0 Å². The molecular weight excluding hydrogens is 227 g/mol. The Kier molecular flexibility index (Phi) is 4.62. The van der Waals surface area contributed by atoms with Crippen LogP contribution in [0.2, 0.25) is 0 Å². The SMILES string of the molecule is CC(C)Cn1cc(BOC(C)(C)C(C)(C)O)cn1. The molecule has 1 aromatic heterocycles. The molecule has 1 aromatic rings. The molecule has 0 fully saturated rings. The molecule has 0 saturated heterocycles. The van der Waals surface area contributed by atoms with Crippen molar-refractivity contribution in [2.45, 2.75) is 59.3 Å². The number of aromatic nitrogens is 2. The fraction of sp³-hybridized carbons (Fsp3) is 0.769. The topological polar surface area (TPSA) is 47.3 Å². The molecule has 0 amide bonds. The van der Waals surface area contributed by atoms with Crippen LogP contribution in [0.1, 0.15) is 41.5 Å². The Morgan fingerprint density at radius 2 is 2.00 bits per heavy atom. The summed E-state index contributed by atoms with van der Waals surface area (Å²) >= 11 is 0. The molecule has 0 aromatic carbocycles. The number of aliphatic hydroxyl groups is 1. The summed E-state index contributed by atoms with van der Waals surface area (Å²) in [4.78, 5) is 0. The van der Waals surface area contributed by atoms with Crippen molar-refractivity contribution in [3.05, 3.63) is 12.4 Å². The summed E-state index contributed by atoms with van der Waals surface area (Å²) in [6.07, 6.45) is 3.82. The molecule has 4 nitrogen and oxygen atoms in total. The van der Waals surface area contributed by atoms with E-state index in [-0.39, 0.29) is 0 Å². The lowest BCUT2D eigenvalue weighted by molar-refractivity contribution is -0.0893. The van der Waals surface area contributed by atoms with Crippen LogP contribution in [0.5, 0.6) is 0 Å². The summed E-state index contributed by atoms with van der Waals surface area (Å²) in [6, 6.07) is 0. The van der Waals surface area contributed by atoms with Crippen LogP contribution in [0.4, 0.5) is 0 Å². The molecule has 5 heteroatoms. The fourth-order valence-corrected chi connectivity index (χ4v) is 1.40. The first-order valence-electron chi connectivity index (χ1n) is 6.49. The van der Waals surface area contributed by atoms with Crippen molar-refractivity contribution in [1.29, 1.82) is 0 Å². The Balaban J connectivity index is 2.56. The van der Waals surface area contributed by atoms with Gasteiger partial charge < -0.3 is 9.76 Å². The fourth-order valence-electron chi connectivity index (χ4n) is 1.40. The van der Waals surface area contributed by atoms with Crippen LogP contribution in [0.25, 0.3) is 0 Å². The minimum atomic E-state index is -0.874. The molecule has 0 unspecified atom stereocenters. The van der Waals surface area contributed by atoms with Crippen molar-refractivity contribution in [2.75, 3.05) is 0 Å². The van der Waals surface area contributed by atoms with Gasteiger partial charge in [0.15, 0.2) is 0 Å². The predicted octanol–water partition coefficient (Wildman–Crippen LogP) is 1.08. The highest BCUT2D eigenvalue weighted by atomic mass is 16.5. The van der Waals surface area contributed by atoms with Gasteiger partial charge in [-0.3, -0.25) is 4.68 Å². The maximum absolute atomic E-state index is 10.0. The van der Waals surface area contributed by atoms with Gasteiger partial charge in [-0.2, -0.15) is 5.10 Å². The summed E-state index contributed by atoms with van der Waals surface area (Å²) in [6.45, 7) is 12.5. The average Bonchev–Trinajstić information content (AvgIpc) is 2.60. The molecule has 0 aliphatic heterocycles. The van der Waals surface area contributed by atoms with Gasteiger partial charge in [0.2, 0.25) is 0 Å². The molecule has 0 bridgehead atoms. The van der Waals surface area contributed by atoms with E-state index in [2.05, 4.69) is 18.9 Å². The van der Waals surface area contributed by atoms with Gasteiger partial charge in [-0.15, -0.1) is 0 Å². The Morgan fingerprint density at radius 1 is 1.39 bits per heavy atom. The molecule has 0 aliphatic carbocycles. The smallest absolute Gasteiger partial charge is 0.312 e. The lowest BCUT2D eigenvalue weighted by atomic mass is 9.84. The molecule has 0 spiro atoms. The van der Waals surface area contributed by atoms with Gasteiger partial charge in [-0.25, -0.2) is 0 Å². The molecule has 1 N–H and O–H groups in total. The molecule has 0 radical (unpaired) electrons. The highest BCUT2D eigenvalue weighted by Gasteiger charge is 2.35. The Hall–Kier alpha value is -0.805. The van der Waals surface area contributed by atoms with Gasteiger partial charge in [-0.05, 0) is 39.1 Å². The van der Waals surface area contributed by atoms with E-state index in [1.165, 1.54) is 0 Å². The summed E-state index contributed by atoms with van der Waals surface area (Å²) in [5, 5.41) is 14.3. The van der Waals surface area contributed by atoms with E-state index in [1.807, 2.05) is 30.9 Å². The largest absolute Gasteiger partial charge is 0.427 e. The average molecular weight is 252 g/mol. The lowest BCUT2D eigenvalue weighted by Crippen LogP contribution is -2.49. The first-order valence-corrected chi connectivity index (χ1v) is 6.49. The molecule has 0 atom stereocenters. The van der Waals surface area contributed by atoms with E-state index in [4.69, 9.17) is 4.65 Å². The summed E-state index contributed by atoms with van der Waals surface area (Å²) in [5.74, 6) is 0.575. The second-order valence-electron chi connectivity index (χ2n) is 6.32. The molecular formula is C13H25BN2O2. The Morgan fingerprint density at radius 3 is 2.50 bits per heavy atom. The second kappa shape index (κ2) is 5.45. The number of hydrogen-bond donors (Lipinski definition) is 1. The van der Waals surface area contributed by atoms with Crippen LogP contribution < -0.4 is 5.46 Å². The van der Waals surface area contributed by atoms with E-state index in [0.717, 1.165) is 12.0 Å². The van der Waals surface area contributed by atoms with Crippen LogP contribution in [0.15, 0.2) is 12.4 Å². The zero-order valence-corrected chi connectivity index (χ0v) is 12.4. The van der Waals surface area contributed by atoms with Crippen LogP contribution in [-0.4, -0.2) is 33.6 Å². The first-order chi connectivity index (χ1) is 8.12. The zero-order chi connectivity index (χ0) is 14.0. The normalized spacial score (nSPS) is 13.1. The molecule has 1 heterocycles. The minimum Gasteiger partial charge on any atom is -0.427 e. The van der Waals surface area contributed by atoms with Gasteiger partial charge in [0, 0.05) is 18.9 Å². The van der Waals surface area contributed by atoms with Gasteiger partial charge in [0.1, 0.15) is 0 Å². The second-order valence-corrected chi connectivity index (χ2v) is 6.32. The van der Waals surface area contributed by atoms with Crippen molar-refractivity contribution in [2.24, 2.45) is 5.92 Å². The highest BCUT2D eigenvalue weighted by Crippen LogP contribution is 2.24. The summed E-state index contributed by atoms with van der Waals surface area (Å²) in [7, 11) is 0.467. The number of rotatable bonds is 6. The van der Waals surface area contributed by atoms with Crippen LogP contribution in [-0.2, 0) is 11.2 Å². The molecule has 1 rings (SSSR count). The van der Waals surface area contributed by atoms with E-state index in [9.17, 15) is 5.11 Å². The number of hydrogen-bond acceptors (Lipinski definition) is 3. The van der Waals surface area contributed by atoms with Gasteiger partial charge in [-0.1, -0.05) is 13.8 Å². The summed E-state index contributed by atoms with van der Waals surface area (Å²) in [5.41, 5.74) is -0.429. The van der Waals surface area contributed by atoms with Crippen molar-refractivity contribution < 1.29 is 9.76 Å². The minimum absolute atomic E-state index is 0.467. The van der Waals surface area contributed by atoms with Gasteiger partial charge >= 0.3 is 7.48 Å². The molecule has 102 valence electrons. The maximum atomic E-state index is 10.0. The Bertz CT molecular complexity index is 381. The monoisotopic (exact) mass is 252 g/mol. The van der Waals surface area contributed by atoms with E-state index in [0.29, 0.717) is 13.4 Å². The third-order valence-corrected chi connectivity index (χ3v) is 3.31.